The van der Waals surface area contributed by atoms with Crippen LogP contribution in [0.3, 0.4) is 0 Å². The van der Waals surface area contributed by atoms with Crippen molar-refractivity contribution >= 4 is 38.5 Å². The average Bonchev–Trinajstić information content (AvgIpc) is 2.46. The first kappa shape index (κ1) is 10.7. The third-order valence-electron chi connectivity index (χ3n) is 2.87. The second-order valence-corrected chi connectivity index (χ2v) is 5.67. The van der Waals surface area contributed by atoms with Crippen LogP contribution in [0.5, 0.6) is 5.75 Å². The van der Waals surface area contributed by atoms with Crippen molar-refractivity contribution in [1.82, 2.24) is 4.98 Å². The number of hydrogen-bond donors (Lipinski definition) is 0. The Morgan fingerprint density at radius 1 is 1.71 bits per heavy atom. The van der Waals surface area contributed by atoms with Crippen molar-refractivity contribution in [2.75, 3.05) is 6.61 Å². The van der Waals surface area contributed by atoms with Crippen LogP contribution in [0.15, 0.2) is 10.7 Å². The van der Waals surface area contributed by atoms with E-state index in [4.69, 9.17) is 4.74 Å². The van der Waals surface area contributed by atoms with Gasteiger partial charge in [0, 0.05) is 11.0 Å². The number of hydrogen-bond acceptors (Lipinski definition) is 2. The Balaban J connectivity index is 2.60. The summed E-state index contributed by atoms with van der Waals surface area (Å²) in [6, 6.07) is 2.12. The van der Waals surface area contributed by atoms with Crippen molar-refractivity contribution in [2.24, 2.45) is 0 Å². The van der Waals surface area contributed by atoms with Crippen molar-refractivity contribution in [2.45, 2.75) is 25.7 Å². The summed E-state index contributed by atoms with van der Waals surface area (Å²) in [5.41, 5.74) is 1.44. The Bertz CT molecular complexity index is 383. The number of nitrogens with zero attached hydrogens (tertiary/aromatic N) is 1. The third-order valence-corrected chi connectivity index (χ3v) is 3.96. The fourth-order valence-corrected chi connectivity index (χ4v) is 3.06. The Morgan fingerprint density at radius 3 is 3.07 bits per heavy atom. The summed E-state index contributed by atoms with van der Waals surface area (Å²) in [5.74, 6) is 0.926. The van der Waals surface area contributed by atoms with Gasteiger partial charge in [-0.05, 0) is 51.0 Å². The number of fused-ring (bicyclic) bond motifs is 1. The lowest BCUT2D eigenvalue weighted by Crippen LogP contribution is -2.22. The summed E-state index contributed by atoms with van der Waals surface area (Å²) in [7, 11) is 0. The van der Waals surface area contributed by atoms with Crippen LogP contribution in [0.2, 0.25) is 0 Å². The quantitative estimate of drug-likeness (QED) is 0.559. The molecule has 0 amide bonds. The number of ether oxygens (including phenoxy) is 1. The maximum Gasteiger partial charge on any atom is 0.156 e. The van der Waals surface area contributed by atoms with Gasteiger partial charge in [0.1, 0.15) is 8.30 Å². The van der Waals surface area contributed by atoms with Crippen LogP contribution in [-0.4, -0.2) is 11.6 Å². The Labute approximate surface area is 106 Å². The summed E-state index contributed by atoms with van der Waals surface area (Å²) in [6.45, 7) is 5.19. The predicted octanol–water partition coefficient (Wildman–Crippen LogP) is 3.51. The summed E-state index contributed by atoms with van der Waals surface area (Å²) in [4.78, 5) is 4.32. The molecule has 0 spiro atoms. The monoisotopic (exact) mass is 367 g/mol. The molecule has 2 rings (SSSR count). The third kappa shape index (κ3) is 1.56. The molecule has 76 valence electrons. The van der Waals surface area contributed by atoms with E-state index in [1.54, 1.807) is 0 Å². The van der Waals surface area contributed by atoms with E-state index in [2.05, 4.69) is 63.4 Å². The highest BCUT2D eigenvalue weighted by Gasteiger charge is 2.36. The van der Waals surface area contributed by atoms with Gasteiger partial charge in [-0.3, -0.25) is 0 Å². The largest absolute Gasteiger partial charge is 0.490 e. The topological polar surface area (TPSA) is 22.1 Å². The second kappa shape index (κ2) is 3.63. The van der Waals surface area contributed by atoms with Crippen LogP contribution in [0.25, 0.3) is 0 Å². The van der Waals surface area contributed by atoms with E-state index in [1.807, 2.05) is 0 Å². The number of halogens is 2. The molecule has 1 aliphatic heterocycles. The highest BCUT2D eigenvalue weighted by atomic mass is 127. The van der Waals surface area contributed by atoms with Gasteiger partial charge in [0.05, 0.1) is 6.61 Å². The highest BCUT2D eigenvalue weighted by Crippen LogP contribution is 2.44. The molecule has 2 heterocycles. The zero-order valence-electron chi connectivity index (χ0n) is 8.10. The van der Waals surface area contributed by atoms with Crippen molar-refractivity contribution < 1.29 is 4.74 Å². The first-order valence-electron chi connectivity index (χ1n) is 4.56. The number of rotatable bonds is 1. The maximum absolute atomic E-state index is 5.68. The van der Waals surface area contributed by atoms with Gasteiger partial charge in [-0.15, -0.1) is 0 Å². The fraction of sp³-hybridized carbons (Fsp3) is 0.500. The minimum Gasteiger partial charge on any atom is -0.490 e. The SMILES string of the molecule is CC[C@@]1(C)COc2c1cc(I)nc2Br. The van der Waals surface area contributed by atoms with E-state index in [-0.39, 0.29) is 5.41 Å². The maximum atomic E-state index is 5.68. The van der Waals surface area contributed by atoms with E-state index in [9.17, 15) is 0 Å². The first-order chi connectivity index (χ1) is 6.57. The van der Waals surface area contributed by atoms with E-state index < -0.39 is 0 Å². The van der Waals surface area contributed by atoms with Crippen LogP contribution in [0.4, 0.5) is 0 Å². The zero-order valence-corrected chi connectivity index (χ0v) is 11.8. The lowest BCUT2D eigenvalue weighted by Gasteiger charge is -2.19. The molecule has 14 heavy (non-hydrogen) atoms. The Kier molecular flexibility index (Phi) is 2.76. The van der Waals surface area contributed by atoms with Gasteiger partial charge in [-0.1, -0.05) is 13.8 Å². The molecule has 0 bridgehead atoms. The summed E-state index contributed by atoms with van der Waals surface area (Å²) in [5, 5.41) is 0. The molecule has 0 unspecified atom stereocenters. The van der Waals surface area contributed by atoms with Crippen molar-refractivity contribution in [3.63, 3.8) is 0 Å². The van der Waals surface area contributed by atoms with Crippen LogP contribution in [0, 0.1) is 3.70 Å². The minimum absolute atomic E-state index is 0.153. The molecule has 0 aromatic carbocycles. The molecule has 1 aliphatic rings. The van der Waals surface area contributed by atoms with E-state index in [0.717, 1.165) is 27.1 Å². The summed E-state index contributed by atoms with van der Waals surface area (Å²) >= 11 is 5.67. The molecule has 1 atom stereocenters. The van der Waals surface area contributed by atoms with Gasteiger partial charge in [-0.25, -0.2) is 4.98 Å². The lowest BCUT2D eigenvalue weighted by atomic mass is 9.83. The molecule has 1 aromatic heterocycles. The molecular weight excluding hydrogens is 357 g/mol. The number of aromatic nitrogens is 1. The smallest absolute Gasteiger partial charge is 0.156 e. The molecule has 1 aromatic rings. The Hall–Kier alpha value is 0.160. The molecule has 0 saturated heterocycles. The minimum atomic E-state index is 0.153. The van der Waals surface area contributed by atoms with Gasteiger partial charge in [0.15, 0.2) is 5.75 Å². The lowest BCUT2D eigenvalue weighted by molar-refractivity contribution is 0.272. The highest BCUT2D eigenvalue weighted by molar-refractivity contribution is 14.1. The van der Waals surface area contributed by atoms with Gasteiger partial charge in [-0.2, -0.15) is 0 Å². The molecule has 0 aliphatic carbocycles. The second-order valence-electron chi connectivity index (χ2n) is 3.82. The van der Waals surface area contributed by atoms with Crippen LogP contribution in [-0.2, 0) is 5.41 Å². The summed E-state index contributed by atoms with van der Waals surface area (Å²) < 4.78 is 7.52. The molecule has 0 radical (unpaired) electrons. The molecule has 2 nitrogen and oxygen atoms in total. The van der Waals surface area contributed by atoms with E-state index >= 15 is 0 Å². The van der Waals surface area contributed by atoms with Gasteiger partial charge < -0.3 is 4.74 Å². The first-order valence-corrected chi connectivity index (χ1v) is 6.43. The summed E-state index contributed by atoms with van der Waals surface area (Å²) in [6.07, 6.45) is 1.09. The van der Waals surface area contributed by atoms with E-state index in [1.165, 1.54) is 5.56 Å². The van der Waals surface area contributed by atoms with Gasteiger partial charge in [0.25, 0.3) is 0 Å². The molecule has 0 fully saturated rings. The van der Waals surface area contributed by atoms with Crippen LogP contribution in [0.1, 0.15) is 25.8 Å². The standard InChI is InChI=1S/C10H11BrINO/c1-3-10(2)5-14-8-6(10)4-7(12)13-9(8)11/h4H,3,5H2,1-2H3/t10-/m0/s1. The fourth-order valence-electron chi connectivity index (χ4n) is 1.66. The van der Waals surface area contributed by atoms with Crippen LogP contribution < -0.4 is 4.74 Å². The van der Waals surface area contributed by atoms with Gasteiger partial charge >= 0.3 is 0 Å². The predicted molar refractivity (Wildman–Crippen MR) is 67.8 cm³/mol. The molecule has 0 saturated carbocycles. The van der Waals surface area contributed by atoms with Crippen molar-refractivity contribution in [3.8, 4) is 5.75 Å². The zero-order chi connectivity index (χ0) is 10.3. The Morgan fingerprint density at radius 2 is 2.43 bits per heavy atom. The molecule has 0 N–H and O–H groups in total. The van der Waals surface area contributed by atoms with Crippen molar-refractivity contribution in [3.05, 3.63) is 19.9 Å². The number of pyridine rings is 1. The molecular formula is C10H11BrINO. The average molecular weight is 368 g/mol. The molecule has 4 heteroatoms. The normalized spacial score (nSPS) is 24.6. The van der Waals surface area contributed by atoms with Gasteiger partial charge in [0.2, 0.25) is 0 Å². The van der Waals surface area contributed by atoms with Crippen LogP contribution >= 0.6 is 38.5 Å². The van der Waals surface area contributed by atoms with Crippen molar-refractivity contribution in [1.29, 1.82) is 0 Å². The van der Waals surface area contributed by atoms with E-state index in [0.29, 0.717) is 0 Å².